The number of nitrogens with one attached hydrogen (secondary N) is 1. The van der Waals surface area contributed by atoms with Crippen molar-refractivity contribution < 1.29 is 9.53 Å². The molecule has 0 aromatic heterocycles. The second-order valence-electron chi connectivity index (χ2n) is 3.30. The number of carbonyl (C=O) groups excluding carboxylic acids is 1. The molecule has 78 valence electrons. The average Bonchev–Trinajstić information content (AvgIpc) is 2.60. The van der Waals surface area contributed by atoms with Gasteiger partial charge in [-0.1, -0.05) is 18.2 Å². The van der Waals surface area contributed by atoms with Crippen LogP contribution in [0.5, 0.6) is 0 Å². The number of anilines is 1. The van der Waals surface area contributed by atoms with Gasteiger partial charge >= 0.3 is 0 Å². The zero-order valence-electron chi connectivity index (χ0n) is 8.36. The molecule has 1 unspecified atom stereocenters. The maximum Gasteiger partial charge on any atom is 0.254 e. The van der Waals surface area contributed by atoms with Gasteiger partial charge in [0.25, 0.3) is 5.91 Å². The summed E-state index contributed by atoms with van der Waals surface area (Å²) < 4.78 is 5.02. The molecule has 3 N–H and O–H groups in total. The molecule has 15 heavy (non-hydrogen) atoms. The number of benzene rings is 1. The van der Waals surface area contributed by atoms with Gasteiger partial charge in [0.15, 0.2) is 0 Å². The maximum absolute atomic E-state index is 11.6. The summed E-state index contributed by atoms with van der Waals surface area (Å²) in [5.74, 6) is -0.153. The molecule has 0 spiro atoms. The van der Waals surface area contributed by atoms with Crippen molar-refractivity contribution in [1.82, 2.24) is 5.32 Å². The first-order valence-electron chi connectivity index (χ1n) is 4.62. The fraction of sp³-hybridized carbons (Fsp3) is 0.182. The van der Waals surface area contributed by atoms with Crippen LogP contribution in [0.1, 0.15) is 5.56 Å². The standard InChI is InChI=1S/C11H12N2O2/c1-15-10-6-8(11(14)13-10)7-4-2-3-5-9(7)12/h2-6,10H,12H2,1H3,(H,13,14). The van der Waals surface area contributed by atoms with Crippen molar-refractivity contribution in [3.8, 4) is 0 Å². The Morgan fingerprint density at radius 2 is 2.13 bits per heavy atom. The lowest BCUT2D eigenvalue weighted by atomic mass is 10.0. The van der Waals surface area contributed by atoms with Crippen LogP contribution in [0.2, 0.25) is 0 Å². The van der Waals surface area contributed by atoms with E-state index in [4.69, 9.17) is 10.5 Å². The number of amides is 1. The van der Waals surface area contributed by atoms with E-state index in [-0.39, 0.29) is 12.1 Å². The minimum atomic E-state index is -0.355. The van der Waals surface area contributed by atoms with Gasteiger partial charge in [-0.3, -0.25) is 4.79 Å². The predicted molar refractivity (Wildman–Crippen MR) is 57.8 cm³/mol. The van der Waals surface area contributed by atoms with Crippen LogP contribution in [0.3, 0.4) is 0 Å². The number of carbonyl (C=O) groups is 1. The Balaban J connectivity index is 2.40. The summed E-state index contributed by atoms with van der Waals surface area (Å²) in [6, 6.07) is 7.27. The first-order valence-corrected chi connectivity index (χ1v) is 4.62. The average molecular weight is 204 g/mol. The second-order valence-corrected chi connectivity index (χ2v) is 3.30. The third kappa shape index (κ3) is 1.71. The topological polar surface area (TPSA) is 64.3 Å². The maximum atomic E-state index is 11.6. The van der Waals surface area contributed by atoms with E-state index >= 15 is 0 Å². The monoisotopic (exact) mass is 204 g/mol. The first kappa shape index (κ1) is 9.73. The van der Waals surface area contributed by atoms with E-state index in [0.717, 1.165) is 5.56 Å². The molecule has 1 amide bonds. The van der Waals surface area contributed by atoms with Crippen molar-refractivity contribution in [3.63, 3.8) is 0 Å². The molecule has 0 saturated heterocycles. The summed E-state index contributed by atoms with van der Waals surface area (Å²) in [4.78, 5) is 11.6. The molecular weight excluding hydrogens is 192 g/mol. The SMILES string of the molecule is COC1C=C(c2ccccc2N)C(=O)N1. The Kier molecular flexibility index (Phi) is 2.43. The number of para-hydroxylation sites is 1. The highest BCUT2D eigenvalue weighted by Gasteiger charge is 2.24. The van der Waals surface area contributed by atoms with E-state index in [1.807, 2.05) is 18.2 Å². The summed E-state index contributed by atoms with van der Waals surface area (Å²) >= 11 is 0. The summed E-state index contributed by atoms with van der Waals surface area (Å²) in [6.45, 7) is 0. The summed E-state index contributed by atoms with van der Waals surface area (Å²) in [6.07, 6.45) is 1.38. The smallest absolute Gasteiger partial charge is 0.254 e. The van der Waals surface area contributed by atoms with Gasteiger partial charge < -0.3 is 15.8 Å². The lowest BCUT2D eigenvalue weighted by Crippen LogP contribution is -2.28. The molecule has 0 radical (unpaired) electrons. The van der Waals surface area contributed by atoms with E-state index in [1.54, 1.807) is 19.3 Å². The van der Waals surface area contributed by atoms with Gasteiger partial charge in [0, 0.05) is 23.9 Å². The fourth-order valence-electron chi connectivity index (χ4n) is 1.56. The van der Waals surface area contributed by atoms with E-state index in [0.29, 0.717) is 11.3 Å². The largest absolute Gasteiger partial charge is 0.398 e. The number of nitrogens with two attached hydrogens (primary N) is 1. The number of ether oxygens (including phenoxy) is 1. The molecule has 1 heterocycles. The van der Waals surface area contributed by atoms with Crippen LogP contribution in [-0.4, -0.2) is 19.2 Å². The Hall–Kier alpha value is -1.81. The van der Waals surface area contributed by atoms with Gasteiger partial charge in [-0.2, -0.15) is 0 Å². The molecule has 1 aromatic carbocycles. The van der Waals surface area contributed by atoms with Gasteiger partial charge in [0.1, 0.15) is 6.23 Å². The van der Waals surface area contributed by atoms with Crippen molar-refractivity contribution >= 4 is 17.2 Å². The van der Waals surface area contributed by atoms with Gasteiger partial charge in [-0.15, -0.1) is 0 Å². The van der Waals surface area contributed by atoms with E-state index in [2.05, 4.69) is 5.32 Å². The molecule has 1 atom stereocenters. The summed E-state index contributed by atoms with van der Waals surface area (Å²) in [5.41, 5.74) is 7.70. The number of hydrogen-bond donors (Lipinski definition) is 2. The Morgan fingerprint density at radius 1 is 1.40 bits per heavy atom. The van der Waals surface area contributed by atoms with Crippen LogP contribution in [0.25, 0.3) is 5.57 Å². The predicted octanol–water partition coefficient (Wildman–Crippen LogP) is 0.755. The van der Waals surface area contributed by atoms with Crippen molar-refractivity contribution in [2.45, 2.75) is 6.23 Å². The zero-order valence-corrected chi connectivity index (χ0v) is 8.36. The number of rotatable bonds is 2. The van der Waals surface area contributed by atoms with E-state index in [1.165, 1.54) is 0 Å². The number of nitrogen functional groups attached to an aromatic ring is 1. The second kappa shape index (κ2) is 3.74. The quantitative estimate of drug-likeness (QED) is 0.699. The first-order chi connectivity index (χ1) is 7.22. The molecule has 1 aromatic rings. The van der Waals surface area contributed by atoms with Gasteiger partial charge in [0.05, 0.1) is 0 Å². The molecule has 1 aliphatic heterocycles. The molecule has 2 rings (SSSR count). The highest BCUT2D eigenvalue weighted by atomic mass is 16.5. The molecular formula is C11H12N2O2. The highest BCUT2D eigenvalue weighted by Crippen LogP contribution is 2.24. The van der Waals surface area contributed by atoms with Crippen molar-refractivity contribution in [2.75, 3.05) is 12.8 Å². The number of methoxy groups -OCH3 is 1. The molecule has 4 nitrogen and oxygen atoms in total. The van der Waals surface area contributed by atoms with Crippen molar-refractivity contribution in [3.05, 3.63) is 35.9 Å². The Bertz CT molecular complexity index is 426. The van der Waals surface area contributed by atoms with Gasteiger partial charge in [-0.25, -0.2) is 0 Å². The molecule has 4 heteroatoms. The van der Waals surface area contributed by atoms with Gasteiger partial charge in [-0.05, 0) is 12.1 Å². The molecule has 0 saturated carbocycles. The van der Waals surface area contributed by atoms with Crippen LogP contribution in [0, 0.1) is 0 Å². The lowest BCUT2D eigenvalue weighted by Gasteiger charge is -2.04. The normalized spacial score (nSPS) is 19.9. The molecule has 1 aliphatic rings. The van der Waals surface area contributed by atoms with Crippen LogP contribution < -0.4 is 11.1 Å². The third-order valence-corrected chi connectivity index (χ3v) is 2.34. The minimum absolute atomic E-state index is 0.153. The number of hydrogen-bond acceptors (Lipinski definition) is 3. The van der Waals surface area contributed by atoms with Crippen LogP contribution in [-0.2, 0) is 9.53 Å². The van der Waals surface area contributed by atoms with Crippen LogP contribution >= 0.6 is 0 Å². The lowest BCUT2D eigenvalue weighted by molar-refractivity contribution is -0.117. The third-order valence-electron chi connectivity index (χ3n) is 2.34. The molecule has 0 bridgehead atoms. The Morgan fingerprint density at radius 3 is 2.73 bits per heavy atom. The highest BCUT2D eigenvalue weighted by molar-refractivity contribution is 6.22. The summed E-state index contributed by atoms with van der Waals surface area (Å²) in [5, 5.41) is 2.67. The minimum Gasteiger partial charge on any atom is -0.398 e. The van der Waals surface area contributed by atoms with Gasteiger partial charge in [0.2, 0.25) is 0 Å². The Labute approximate surface area is 87.7 Å². The zero-order chi connectivity index (χ0) is 10.8. The van der Waals surface area contributed by atoms with Crippen LogP contribution in [0.4, 0.5) is 5.69 Å². The molecule has 0 fully saturated rings. The van der Waals surface area contributed by atoms with Crippen molar-refractivity contribution in [1.29, 1.82) is 0 Å². The summed E-state index contributed by atoms with van der Waals surface area (Å²) in [7, 11) is 1.54. The van der Waals surface area contributed by atoms with E-state index in [9.17, 15) is 4.79 Å². The van der Waals surface area contributed by atoms with E-state index < -0.39 is 0 Å². The fourth-order valence-corrected chi connectivity index (χ4v) is 1.56. The van der Waals surface area contributed by atoms with Crippen LogP contribution in [0.15, 0.2) is 30.3 Å². The molecule has 0 aliphatic carbocycles. The van der Waals surface area contributed by atoms with Crippen molar-refractivity contribution in [2.24, 2.45) is 0 Å².